The molecular weight excluding hydrogens is 184 g/mol. The van der Waals surface area contributed by atoms with Crippen LogP contribution in [0.5, 0.6) is 0 Å². The van der Waals surface area contributed by atoms with Crippen LogP contribution in [-0.2, 0) is 9.53 Å². The van der Waals surface area contributed by atoms with Gasteiger partial charge in [-0.2, -0.15) is 0 Å². The second-order valence-corrected chi connectivity index (χ2v) is 2.90. The van der Waals surface area contributed by atoms with Gasteiger partial charge < -0.3 is 15.0 Å². The molecular formula is C9H18N2O3. The van der Waals surface area contributed by atoms with E-state index in [0.29, 0.717) is 13.2 Å². The fourth-order valence-corrected chi connectivity index (χ4v) is 0.834. The van der Waals surface area contributed by atoms with E-state index in [9.17, 15) is 9.59 Å². The topological polar surface area (TPSA) is 58.6 Å². The molecule has 0 unspecified atom stereocenters. The fourth-order valence-electron chi connectivity index (χ4n) is 0.834. The summed E-state index contributed by atoms with van der Waals surface area (Å²) in [5, 5.41) is 2.67. The minimum Gasteiger partial charge on any atom is -0.450 e. The number of nitrogens with zero attached hydrogens (tertiary/aromatic N) is 1. The predicted octanol–water partition coefficient (Wildman–Crippen LogP) is 0.601. The second-order valence-electron chi connectivity index (χ2n) is 2.90. The van der Waals surface area contributed by atoms with Crippen LogP contribution in [0, 0.1) is 0 Å². The molecule has 0 aliphatic carbocycles. The minimum absolute atomic E-state index is 0.0405. The zero-order valence-electron chi connectivity index (χ0n) is 9.00. The first-order valence-corrected chi connectivity index (χ1v) is 4.76. The lowest BCUT2D eigenvalue weighted by Gasteiger charge is -2.15. The molecule has 82 valence electrons. The molecule has 2 amide bonds. The van der Waals surface area contributed by atoms with Gasteiger partial charge in [-0.25, -0.2) is 4.79 Å². The monoisotopic (exact) mass is 202 g/mol. The molecule has 0 saturated carbocycles. The Morgan fingerprint density at radius 3 is 2.50 bits per heavy atom. The molecule has 0 aliphatic rings. The van der Waals surface area contributed by atoms with Crippen molar-refractivity contribution in [1.29, 1.82) is 0 Å². The maximum Gasteiger partial charge on any atom is 0.409 e. The zero-order valence-corrected chi connectivity index (χ0v) is 9.00. The van der Waals surface area contributed by atoms with Crippen molar-refractivity contribution >= 4 is 12.0 Å². The third-order valence-electron chi connectivity index (χ3n) is 1.53. The van der Waals surface area contributed by atoms with Crippen LogP contribution < -0.4 is 5.32 Å². The quantitative estimate of drug-likeness (QED) is 0.710. The Labute approximate surface area is 84.4 Å². The molecule has 0 spiro atoms. The predicted molar refractivity (Wildman–Crippen MR) is 53.0 cm³/mol. The Morgan fingerprint density at radius 1 is 1.36 bits per heavy atom. The van der Waals surface area contributed by atoms with Gasteiger partial charge in [0.05, 0.1) is 6.61 Å². The molecule has 0 rings (SSSR count). The molecule has 0 radical (unpaired) electrons. The number of carbonyl (C=O) groups excluding carboxylic acids is 2. The first kappa shape index (κ1) is 12.7. The van der Waals surface area contributed by atoms with E-state index in [1.165, 1.54) is 11.9 Å². The standard InChI is InChI=1S/C9H18N2O3/c1-4-6-10-8(12)7-11(3)9(13)14-5-2/h4-7H2,1-3H3,(H,10,12). The van der Waals surface area contributed by atoms with Gasteiger partial charge in [-0.15, -0.1) is 0 Å². The Kier molecular flexibility index (Phi) is 6.53. The number of nitrogens with one attached hydrogen (secondary N) is 1. The van der Waals surface area contributed by atoms with Crippen LogP contribution in [0.1, 0.15) is 20.3 Å². The Bertz CT molecular complexity index is 194. The Morgan fingerprint density at radius 2 is 2.00 bits per heavy atom. The molecule has 0 aliphatic heterocycles. The summed E-state index contributed by atoms with van der Waals surface area (Å²) in [5.74, 6) is -0.164. The maximum atomic E-state index is 11.2. The van der Waals surface area contributed by atoms with E-state index >= 15 is 0 Å². The highest BCUT2D eigenvalue weighted by Gasteiger charge is 2.12. The summed E-state index contributed by atoms with van der Waals surface area (Å²) in [7, 11) is 1.53. The molecule has 5 nitrogen and oxygen atoms in total. The van der Waals surface area contributed by atoms with Crippen molar-refractivity contribution in [2.45, 2.75) is 20.3 Å². The normalized spacial score (nSPS) is 9.36. The molecule has 0 bridgehead atoms. The van der Waals surface area contributed by atoms with Crippen LogP contribution in [0.2, 0.25) is 0 Å². The number of carbonyl (C=O) groups is 2. The van der Waals surface area contributed by atoms with Crippen molar-refractivity contribution in [3.8, 4) is 0 Å². The number of hydrogen-bond acceptors (Lipinski definition) is 3. The first-order chi connectivity index (χ1) is 6.61. The smallest absolute Gasteiger partial charge is 0.409 e. The molecule has 0 heterocycles. The van der Waals surface area contributed by atoms with Gasteiger partial charge in [0.1, 0.15) is 6.54 Å². The van der Waals surface area contributed by atoms with Crippen LogP contribution in [0.3, 0.4) is 0 Å². The van der Waals surface area contributed by atoms with Crippen LogP contribution in [0.4, 0.5) is 4.79 Å². The van der Waals surface area contributed by atoms with E-state index < -0.39 is 6.09 Å². The number of likely N-dealkylation sites (N-methyl/N-ethyl adjacent to an activating group) is 1. The number of ether oxygens (including phenoxy) is 1. The lowest BCUT2D eigenvalue weighted by atomic mass is 10.4. The molecule has 0 aromatic carbocycles. The van der Waals surface area contributed by atoms with Crippen molar-refractivity contribution in [1.82, 2.24) is 10.2 Å². The second kappa shape index (κ2) is 7.17. The Balaban J connectivity index is 3.75. The highest BCUT2D eigenvalue weighted by atomic mass is 16.6. The maximum absolute atomic E-state index is 11.2. The van der Waals surface area contributed by atoms with Crippen LogP contribution in [-0.4, -0.2) is 43.6 Å². The summed E-state index contributed by atoms with van der Waals surface area (Å²) >= 11 is 0. The summed E-state index contributed by atoms with van der Waals surface area (Å²) < 4.78 is 4.72. The number of hydrogen-bond donors (Lipinski definition) is 1. The third kappa shape index (κ3) is 5.40. The molecule has 0 fully saturated rings. The van der Waals surface area contributed by atoms with Gasteiger partial charge in [0.25, 0.3) is 0 Å². The van der Waals surface area contributed by atoms with Crippen molar-refractivity contribution in [3.63, 3.8) is 0 Å². The van der Waals surface area contributed by atoms with E-state index in [4.69, 9.17) is 4.74 Å². The van der Waals surface area contributed by atoms with E-state index in [2.05, 4.69) is 5.32 Å². The Hall–Kier alpha value is -1.26. The molecule has 0 aromatic rings. The van der Waals surface area contributed by atoms with Gasteiger partial charge in [-0.3, -0.25) is 4.79 Å². The van der Waals surface area contributed by atoms with Crippen LogP contribution in [0.15, 0.2) is 0 Å². The molecule has 5 heteroatoms. The molecule has 0 aromatic heterocycles. The van der Waals surface area contributed by atoms with E-state index in [1.54, 1.807) is 6.92 Å². The van der Waals surface area contributed by atoms with Gasteiger partial charge in [-0.05, 0) is 13.3 Å². The van der Waals surface area contributed by atoms with Crippen molar-refractivity contribution < 1.29 is 14.3 Å². The van der Waals surface area contributed by atoms with Gasteiger partial charge in [0.15, 0.2) is 0 Å². The van der Waals surface area contributed by atoms with Crippen molar-refractivity contribution in [3.05, 3.63) is 0 Å². The number of rotatable bonds is 5. The third-order valence-corrected chi connectivity index (χ3v) is 1.53. The van der Waals surface area contributed by atoms with Gasteiger partial charge in [0, 0.05) is 13.6 Å². The fraction of sp³-hybridized carbons (Fsp3) is 0.778. The van der Waals surface area contributed by atoms with E-state index in [0.717, 1.165) is 6.42 Å². The SMILES string of the molecule is CCCNC(=O)CN(C)C(=O)OCC. The van der Waals surface area contributed by atoms with E-state index in [1.807, 2.05) is 6.92 Å². The molecule has 0 atom stereocenters. The number of amides is 2. The highest BCUT2D eigenvalue weighted by Crippen LogP contribution is 1.89. The summed E-state index contributed by atoms with van der Waals surface area (Å²) in [4.78, 5) is 23.5. The lowest BCUT2D eigenvalue weighted by molar-refractivity contribution is -0.121. The average molecular weight is 202 g/mol. The largest absolute Gasteiger partial charge is 0.450 e. The summed E-state index contributed by atoms with van der Waals surface area (Å²) in [5.41, 5.74) is 0. The van der Waals surface area contributed by atoms with E-state index in [-0.39, 0.29) is 12.5 Å². The molecule has 14 heavy (non-hydrogen) atoms. The zero-order chi connectivity index (χ0) is 11.0. The minimum atomic E-state index is -0.473. The highest BCUT2D eigenvalue weighted by molar-refractivity contribution is 5.81. The van der Waals surface area contributed by atoms with Crippen molar-refractivity contribution in [2.75, 3.05) is 26.7 Å². The van der Waals surface area contributed by atoms with Gasteiger partial charge in [0.2, 0.25) is 5.91 Å². The lowest BCUT2D eigenvalue weighted by Crippen LogP contribution is -2.38. The van der Waals surface area contributed by atoms with Crippen molar-refractivity contribution in [2.24, 2.45) is 0 Å². The van der Waals surface area contributed by atoms with Gasteiger partial charge in [-0.1, -0.05) is 6.92 Å². The molecule has 0 saturated heterocycles. The summed E-state index contributed by atoms with van der Waals surface area (Å²) in [6.07, 6.45) is 0.411. The first-order valence-electron chi connectivity index (χ1n) is 4.76. The molecule has 1 N–H and O–H groups in total. The van der Waals surface area contributed by atoms with Crippen LogP contribution >= 0.6 is 0 Å². The van der Waals surface area contributed by atoms with Crippen LogP contribution in [0.25, 0.3) is 0 Å². The summed E-state index contributed by atoms with van der Waals surface area (Å²) in [6.45, 7) is 4.69. The average Bonchev–Trinajstić information content (AvgIpc) is 2.15. The summed E-state index contributed by atoms with van der Waals surface area (Å²) in [6, 6.07) is 0. The van der Waals surface area contributed by atoms with Gasteiger partial charge >= 0.3 is 6.09 Å².